The van der Waals surface area contributed by atoms with Crippen LogP contribution in [0.2, 0.25) is 0 Å². The zero-order valence-corrected chi connectivity index (χ0v) is 14.5. The van der Waals surface area contributed by atoms with Crippen molar-refractivity contribution in [1.82, 2.24) is 10.6 Å². The van der Waals surface area contributed by atoms with Crippen LogP contribution in [0.15, 0.2) is 0 Å². The molecule has 0 bridgehead atoms. The highest BCUT2D eigenvalue weighted by Gasteiger charge is 2.08. The van der Waals surface area contributed by atoms with E-state index < -0.39 is 5.97 Å². The Labute approximate surface area is 143 Å². The molecular weight excluding hydrogens is 342 g/mol. The maximum Gasteiger partial charge on any atom is 0.304 e. The molecule has 0 unspecified atom stereocenters. The molecule has 0 aromatic rings. The summed E-state index contributed by atoms with van der Waals surface area (Å²) < 4.78 is 0. The standard InChI is InChI=1S/C13H23N3O5S2/c14-10(17)4-2-1-3-6-15-11(18)8-12(19)16-9-23-22-7-5-13(20)21/h1-9H2,(H2,14,17)(H,15,18)(H,16,19)(H,20,21). The lowest BCUT2D eigenvalue weighted by Crippen LogP contribution is -2.32. The Bertz CT molecular complexity index is 371. The van der Waals surface area contributed by atoms with Gasteiger partial charge in [0.1, 0.15) is 6.42 Å². The van der Waals surface area contributed by atoms with Gasteiger partial charge in [-0.3, -0.25) is 19.2 Å². The van der Waals surface area contributed by atoms with Crippen LogP contribution in [0.5, 0.6) is 0 Å². The highest BCUT2D eigenvalue weighted by molar-refractivity contribution is 8.76. The molecule has 0 heterocycles. The topological polar surface area (TPSA) is 139 Å². The Hall–Kier alpha value is -1.42. The lowest BCUT2D eigenvalue weighted by atomic mass is 10.2. The van der Waals surface area contributed by atoms with Gasteiger partial charge in [-0.15, -0.1) is 0 Å². The fourth-order valence-electron chi connectivity index (χ4n) is 1.44. The van der Waals surface area contributed by atoms with E-state index in [1.807, 2.05) is 0 Å². The molecule has 0 aliphatic heterocycles. The lowest BCUT2D eigenvalue weighted by molar-refractivity contribution is -0.136. The quantitative estimate of drug-likeness (QED) is 0.152. The molecule has 0 aliphatic rings. The summed E-state index contributed by atoms with van der Waals surface area (Å²) in [5.74, 6) is -1.11. The molecule has 0 atom stereocenters. The summed E-state index contributed by atoms with van der Waals surface area (Å²) in [6.07, 6.45) is 2.41. The molecule has 0 aromatic carbocycles. The Morgan fingerprint density at radius 2 is 1.61 bits per heavy atom. The van der Waals surface area contributed by atoms with E-state index in [-0.39, 0.29) is 30.6 Å². The van der Waals surface area contributed by atoms with Gasteiger partial charge >= 0.3 is 5.97 Å². The summed E-state index contributed by atoms with van der Waals surface area (Å²) in [7, 11) is 2.69. The van der Waals surface area contributed by atoms with Gasteiger partial charge < -0.3 is 21.5 Å². The van der Waals surface area contributed by atoms with Crippen molar-refractivity contribution in [1.29, 1.82) is 0 Å². The Kier molecular flexibility index (Phi) is 13.3. The van der Waals surface area contributed by atoms with Crippen molar-refractivity contribution in [2.75, 3.05) is 18.2 Å². The molecule has 0 saturated heterocycles. The Morgan fingerprint density at radius 1 is 0.913 bits per heavy atom. The average molecular weight is 365 g/mol. The monoisotopic (exact) mass is 365 g/mol. The number of carbonyl (C=O) groups is 4. The van der Waals surface area contributed by atoms with Crippen LogP contribution in [-0.2, 0) is 19.2 Å². The SMILES string of the molecule is NC(=O)CCCCCNC(=O)CC(=O)NCSSCCC(=O)O. The summed E-state index contributed by atoms with van der Waals surface area (Å²) in [4.78, 5) is 43.7. The third-order valence-electron chi connectivity index (χ3n) is 2.55. The van der Waals surface area contributed by atoms with Crippen LogP contribution in [0, 0.1) is 0 Å². The maximum absolute atomic E-state index is 11.5. The zero-order valence-electron chi connectivity index (χ0n) is 12.8. The first-order chi connectivity index (χ1) is 10.9. The van der Waals surface area contributed by atoms with Gasteiger partial charge in [0.25, 0.3) is 0 Å². The van der Waals surface area contributed by atoms with Crippen molar-refractivity contribution >= 4 is 45.3 Å². The average Bonchev–Trinajstić information content (AvgIpc) is 2.45. The predicted octanol–water partition coefficient (Wildman–Crippen LogP) is 0.468. The highest BCUT2D eigenvalue weighted by Crippen LogP contribution is 2.20. The number of unbranched alkanes of at least 4 members (excludes halogenated alkanes) is 2. The molecule has 0 aliphatic carbocycles. The first-order valence-electron chi connectivity index (χ1n) is 7.19. The Balaban J connectivity index is 3.46. The van der Waals surface area contributed by atoms with Gasteiger partial charge in [0.05, 0.1) is 12.3 Å². The largest absolute Gasteiger partial charge is 0.481 e. The second-order valence-corrected chi connectivity index (χ2v) is 7.21. The molecule has 0 radical (unpaired) electrons. The number of rotatable bonds is 14. The number of nitrogens with one attached hydrogen (secondary N) is 2. The number of aliphatic carboxylic acids is 1. The number of hydrogen-bond donors (Lipinski definition) is 4. The van der Waals surface area contributed by atoms with Gasteiger partial charge in [0.2, 0.25) is 17.7 Å². The number of nitrogens with two attached hydrogens (primary N) is 1. The van der Waals surface area contributed by atoms with Gasteiger partial charge in [0.15, 0.2) is 0 Å². The fraction of sp³-hybridized carbons (Fsp3) is 0.692. The van der Waals surface area contributed by atoms with Crippen LogP contribution in [0.25, 0.3) is 0 Å². The summed E-state index contributed by atoms with van der Waals surface area (Å²) in [6.45, 7) is 0.463. The van der Waals surface area contributed by atoms with Crippen LogP contribution < -0.4 is 16.4 Å². The van der Waals surface area contributed by atoms with Crippen LogP contribution in [0.1, 0.15) is 38.5 Å². The fourth-order valence-corrected chi connectivity index (χ4v) is 3.15. The van der Waals surface area contributed by atoms with Crippen LogP contribution >= 0.6 is 21.6 Å². The predicted molar refractivity (Wildman–Crippen MR) is 90.6 cm³/mol. The highest BCUT2D eigenvalue weighted by atomic mass is 33.1. The van der Waals surface area contributed by atoms with Crippen molar-refractivity contribution in [2.45, 2.75) is 38.5 Å². The minimum Gasteiger partial charge on any atom is -0.481 e. The summed E-state index contributed by atoms with van der Waals surface area (Å²) in [5.41, 5.74) is 5.01. The molecular formula is C13H23N3O5S2. The zero-order chi connectivity index (χ0) is 17.5. The first-order valence-corrected chi connectivity index (χ1v) is 9.68. The third kappa shape index (κ3) is 16.8. The normalized spacial score (nSPS) is 10.1. The van der Waals surface area contributed by atoms with E-state index in [0.717, 1.165) is 12.8 Å². The van der Waals surface area contributed by atoms with E-state index >= 15 is 0 Å². The summed E-state index contributed by atoms with van der Waals surface area (Å²) >= 11 is 0. The van der Waals surface area contributed by atoms with E-state index in [2.05, 4.69) is 10.6 Å². The lowest BCUT2D eigenvalue weighted by Gasteiger charge is -2.06. The van der Waals surface area contributed by atoms with Gasteiger partial charge in [-0.25, -0.2) is 0 Å². The maximum atomic E-state index is 11.5. The van der Waals surface area contributed by atoms with Gasteiger partial charge in [-0.05, 0) is 12.8 Å². The van der Waals surface area contributed by atoms with Gasteiger partial charge in [0, 0.05) is 18.7 Å². The van der Waals surface area contributed by atoms with E-state index in [1.165, 1.54) is 21.6 Å². The van der Waals surface area contributed by atoms with E-state index in [4.69, 9.17) is 10.8 Å². The molecule has 8 nitrogen and oxygen atoms in total. The number of carboxylic acids is 1. The number of hydrogen-bond acceptors (Lipinski definition) is 6. The minimum absolute atomic E-state index is 0.0768. The van der Waals surface area contributed by atoms with E-state index in [0.29, 0.717) is 31.0 Å². The third-order valence-corrected chi connectivity index (χ3v) is 4.71. The number of amides is 3. The molecule has 0 saturated carbocycles. The van der Waals surface area contributed by atoms with Crippen LogP contribution in [0.4, 0.5) is 0 Å². The molecule has 10 heteroatoms. The van der Waals surface area contributed by atoms with Crippen LogP contribution in [0.3, 0.4) is 0 Å². The van der Waals surface area contributed by atoms with E-state index in [1.54, 1.807) is 0 Å². The molecule has 3 amide bonds. The van der Waals surface area contributed by atoms with E-state index in [9.17, 15) is 19.2 Å². The summed E-state index contributed by atoms with van der Waals surface area (Å²) in [5, 5.41) is 13.6. The molecule has 0 spiro atoms. The number of primary amides is 1. The van der Waals surface area contributed by atoms with Gasteiger partial charge in [-0.2, -0.15) is 0 Å². The first kappa shape index (κ1) is 21.6. The molecule has 0 aromatic heterocycles. The van der Waals surface area contributed by atoms with Gasteiger partial charge in [-0.1, -0.05) is 28.0 Å². The van der Waals surface area contributed by atoms with Crippen molar-refractivity contribution in [2.24, 2.45) is 5.73 Å². The van der Waals surface area contributed by atoms with Crippen molar-refractivity contribution in [3.63, 3.8) is 0 Å². The second kappa shape index (κ2) is 14.2. The summed E-state index contributed by atoms with van der Waals surface area (Å²) in [6, 6.07) is 0. The van der Waals surface area contributed by atoms with Crippen molar-refractivity contribution in [3.8, 4) is 0 Å². The number of carboxylic acid groups (broad SMARTS) is 1. The molecule has 5 N–H and O–H groups in total. The smallest absolute Gasteiger partial charge is 0.304 e. The molecule has 132 valence electrons. The van der Waals surface area contributed by atoms with Crippen LogP contribution in [-0.4, -0.2) is 47.0 Å². The molecule has 23 heavy (non-hydrogen) atoms. The minimum atomic E-state index is -0.853. The van der Waals surface area contributed by atoms with Crippen molar-refractivity contribution < 1.29 is 24.3 Å². The van der Waals surface area contributed by atoms with Crippen molar-refractivity contribution in [3.05, 3.63) is 0 Å². The second-order valence-electron chi connectivity index (χ2n) is 4.63. The molecule has 0 rings (SSSR count). The number of carbonyl (C=O) groups excluding carboxylic acids is 3. The Morgan fingerprint density at radius 3 is 2.26 bits per heavy atom. The molecule has 0 fully saturated rings.